The SMILES string of the molecule is O=C(CNC(=O)c1ccc2c(=O)n3c(nc2c1)CCCCCC3)NCc1ccccc1. The molecule has 1 aliphatic heterocycles. The number of carbonyl (C=O) groups is 2. The molecule has 0 radical (unpaired) electrons. The van der Waals surface area contributed by atoms with Crippen molar-refractivity contribution in [2.24, 2.45) is 0 Å². The maximum absolute atomic E-state index is 12.9. The molecule has 7 nitrogen and oxygen atoms in total. The van der Waals surface area contributed by atoms with Crippen molar-refractivity contribution in [1.82, 2.24) is 20.2 Å². The van der Waals surface area contributed by atoms with Gasteiger partial charge >= 0.3 is 0 Å². The molecule has 7 heteroatoms. The van der Waals surface area contributed by atoms with Crippen molar-refractivity contribution in [3.63, 3.8) is 0 Å². The van der Waals surface area contributed by atoms with E-state index >= 15 is 0 Å². The first-order valence-corrected chi connectivity index (χ1v) is 10.7. The Morgan fingerprint density at radius 2 is 1.77 bits per heavy atom. The number of benzene rings is 2. The third kappa shape index (κ3) is 4.99. The van der Waals surface area contributed by atoms with Gasteiger partial charge in [-0.1, -0.05) is 43.2 Å². The minimum absolute atomic E-state index is 0.0471. The maximum Gasteiger partial charge on any atom is 0.261 e. The molecule has 0 fully saturated rings. The summed E-state index contributed by atoms with van der Waals surface area (Å²) in [6.07, 6.45) is 5.02. The summed E-state index contributed by atoms with van der Waals surface area (Å²) in [5, 5.41) is 5.93. The lowest BCUT2D eigenvalue weighted by molar-refractivity contribution is -0.120. The molecule has 31 heavy (non-hydrogen) atoms. The van der Waals surface area contributed by atoms with Crippen LogP contribution < -0.4 is 16.2 Å². The van der Waals surface area contributed by atoms with Crippen LogP contribution in [0.4, 0.5) is 0 Å². The number of aryl methyl sites for hydroxylation is 1. The first-order valence-electron chi connectivity index (χ1n) is 10.7. The maximum atomic E-state index is 12.9. The summed E-state index contributed by atoms with van der Waals surface area (Å²) in [7, 11) is 0. The summed E-state index contributed by atoms with van der Waals surface area (Å²) in [4.78, 5) is 42.2. The fourth-order valence-corrected chi connectivity index (χ4v) is 3.86. The highest BCUT2D eigenvalue weighted by Crippen LogP contribution is 2.16. The highest BCUT2D eigenvalue weighted by Gasteiger charge is 2.15. The van der Waals surface area contributed by atoms with Crippen molar-refractivity contribution in [1.29, 1.82) is 0 Å². The van der Waals surface area contributed by atoms with Crippen LogP contribution in [-0.4, -0.2) is 27.9 Å². The van der Waals surface area contributed by atoms with Crippen LogP contribution in [0.15, 0.2) is 53.3 Å². The Kier molecular flexibility index (Phi) is 6.40. The third-order valence-electron chi connectivity index (χ3n) is 5.57. The van der Waals surface area contributed by atoms with Crippen LogP contribution in [0.1, 0.15) is 47.4 Å². The van der Waals surface area contributed by atoms with Gasteiger partial charge in [-0.05, 0) is 36.6 Å². The number of carbonyl (C=O) groups excluding carboxylic acids is 2. The van der Waals surface area contributed by atoms with Crippen LogP contribution in [-0.2, 0) is 24.3 Å². The van der Waals surface area contributed by atoms with Crippen LogP contribution in [0.3, 0.4) is 0 Å². The zero-order valence-electron chi connectivity index (χ0n) is 17.4. The molecule has 0 spiro atoms. The second-order valence-electron chi connectivity index (χ2n) is 7.83. The van der Waals surface area contributed by atoms with Gasteiger partial charge in [-0.2, -0.15) is 0 Å². The van der Waals surface area contributed by atoms with Crippen molar-refractivity contribution in [3.05, 3.63) is 75.8 Å². The molecule has 3 aromatic rings. The van der Waals surface area contributed by atoms with E-state index in [0.29, 0.717) is 29.6 Å². The standard InChI is InChI=1S/C24H26N4O3/c29-22(25-15-17-8-4-3-5-9-17)16-26-23(30)18-11-12-19-20(14-18)27-21-10-6-1-2-7-13-28(21)24(19)31/h3-5,8-9,11-12,14H,1-2,6-7,10,13,15-16H2,(H,25,29)(H,26,30). The molecular formula is C24H26N4O3. The molecule has 160 valence electrons. The first-order chi connectivity index (χ1) is 15.1. The number of hydrogen-bond donors (Lipinski definition) is 2. The summed E-state index contributed by atoms with van der Waals surface area (Å²) < 4.78 is 1.78. The first kappa shape index (κ1) is 20.8. The van der Waals surface area contributed by atoms with E-state index in [1.54, 1.807) is 22.8 Å². The lowest BCUT2D eigenvalue weighted by Gasteiger charge is -2.16. The van der Waals surface area contributed by atoms with Crippen molar-refractivity contribution in [2.45, 2.75) is 45.2 Å². The lowest BCUT2D eigenvalue weighted by atomic mass is 10.1. The Bertz CT molecular complexity index is 1150. The second-order valence-corrected chi connectivity index (χ2v) is 7.83. The van der Waals surface area contributed by atoms with Crippen molar-refractivity contribution in [3.8, 4) is 0 Å². The Morgan fingerprint density at radius 3 is 2.61 bits per heavy atom. The van der Waals surface area contributed by atoms with Gasteiger partial charge in [-0.3, -0.25) is 19.0 Å². The average molecular weight is 418 g/mol. The van der Waals surface area contributed by atoms with Gasteiger partial charge in [0.05, 0.1) is 17.4 Å². The van der Waals surface area contributed by atoms with Gasteiger partial charge in [0.1, 0.15) is 5.82 Å². The molecule has 0 atom stereocenters. The molecule has 2 amide bonds. The quantitative estimate of drug-likeness (QED) is 0.666. The minimum atomic E-state index is -0.370. The fraction of sp³-hybridized carbons (Fsp3) is 0.333. The minimum Gasteiger partial charge on any atom is -0.350 e. The molecule has 0 saturated heterocycles. The van der Waals surface area contributed by atoms with E-state index in [9.17, 15) is 14.4 Å². The fourth-order valence-electron chi connectivity index (χ4n) is 3.86. The predicted molar refractivity (Wildman–Crippen MR) is 119 cm³/mol. The highest BCUT2D eigenvalue weighted by molar-refractivity contribution is 5.99. The van der Waals surface area contributed by atoms with Gasteiger partial charge in [-0.25, -0.2) is 4.98 Å². The van der Waals surface area contributed by atoms with E-state index in [2.05, 4.69) is 15.6 Å². The normalized spacial score (nSPS) is 13.7. The third-order valence-corrected chi connectivity index (χ3v) is 5.57. The highest BCUT2D eigenvalue weighted by atomic mass is 16.2. The number of nitrogens with one attached hydrogen (secondary N) is 2. The zero-order chi connectivity index (χ0) is 21.6. The molecule has 0 saturated carbocycles. The topological polar surface area (TPSA) is 93.1 Å². The van der Waals surface area contributed by atoms with Crippen LogP contribution in [0.5, 0.6) is 0 Å². The van der Waals surface area contributed by atoms with Gasteiger partial charge in [0.15, 0.2) is 0 Å². The van der Waals surface area contributed by atoms with Crippen LogP contribution in [0, 0.1) is 0 Å². The van der Waals surface area contributed by atoms with Gasteiger partial charge in [0.25, 0.3) is 11.5 Å². The number of rotatable bonds is 5. The van der Waals surface area contributed by atoms with Gasteiger partial charge in [0.2, 0.25) is 5.91 Å². The number of fused-ring (bicyclic) bond motifs is 2. The lowest BCUT2D eigenvalue weighted by Crippen LogP contribution is -2.36. The Balaban J connectivity index is 1.44. The molecule has 4 rings (SSSR count). The van der Waals surface area contributed by atoms with Crippen LogP contribution in [0.25, 0.3) is 10.9 Å². The Morgan fingerprint density at radius 1 is 0.968 bits per heavy atom. The van der Waals surface area contributed by atoms with Crippen molar-refractivity contribution in [2.75, 3.05) is 6.54 Å². The van der Waals surface area contributed by atoms with E-state index in [1.807, 2.05) is 30.3 Å². The summed E-state index contributed by atoms with van der Waals surface area (Å²) in [5.41, 5.74) is 1.85. The molecule has 2 N–H and O–H groups in total. The molecule has 0 bridgehead atoms. The number of nitrogens with zero attached hydrogens (tertiary/aromatic N) is 2. The van der Waals surface area contributed by atoms with Gasteiger partial charge < -0.3 is 10.6 Å². The zero-order valence-corrected chi connectivity index (χ0v) is 17.4. The molecule has 0 aliphatic carbocycles. The van der Waals surface area contributed by atoms with Crippen molar-refractivity contribution >= 4 is 22.7 Å². The van der Waals surface area contributed by atoms with Gasteiger partial charge in [0, 0.05) is 25.1 Å². The largest absolute Gasteiger partial charge is 0.350 e. The molecule has 1 aliphatic rings. The van der Waals surface area contributed by atoms with Crippen LogP contribution in [0.2, 0.25) is 0 Å². The molecule has 1 aromatic heterocycles. The summed E-state index contributed by atoms with van der Waals surface area (Å²) in [6.45, 7) is 0.978. The average Bonchev–Trinajstić information content (AvgIpc) is 2.77. The molecule has 0 unspecified atom stereocenters. The molecule has 2 heterocycles. The van der Waals surface area contributed by atoms with Crippen molar-refractivity contribution < 1.29 is 9.59 Å². The van der Waals surface area contributed by atoms with E-state index < -0.39 is 0 Å². The van der Waals surface area contributed by atoms with E-state index in [4.69, 9.17) is 0 Å². The number of hydrogen-bond acceptors (Lipinski definition) is 4. The van der Waals surface area contributed by atoms with E-state index in [-0.39, 0.29) is 23.9 Å². The summed E-state index contributed by atoms with van der Waals surface area (Å²) >= 11 is 0. The smallest absolute Gasteiger partial charge is 0.261 e. The molecular weight excluding hydrogens is 392 g/mol. The van der Waals surface area contributed by atoms with Crippen LogP contribution >= 0.6 is 0 Å². The predicted octanol–water partition coefficient (Wildman–Crippen LogP) is 2.56. The second kappa shape index (κ2) is 9.55. The number of aromatic nitrogens is 2. The summed E-state index contributed by atoms with van der Waals surface area (Å²) in [5.74, 6) is 0.149. The van der Waals surface area contributed by atoms with Gasteiger partial charge in [-0.15, -0.1) is 0 Å². The monoisotopic (exact) mass is 418 g/mol. The van der Waals surface area contributed by atoms with E-state index in [1.165, 1.54) is 0 Å². The summed E-state index contributed by atoms with van der Waals surface area (Å²) in [6, 6.07) is 14.5. The molecule has 2 aromatic carbocycles. The Hall–Kier alpha value is -3.48. The Labute approximate surface area is 180 Å². The van der Waals surface area contributed by atoms with E-state index in [0.717, 1.165) is 43.5 Å². The number of amides is 2.